The Balaban J connectivity index is 2.11. The lowest BCUT2D eigenvalue weighted by Gasteiger charge is -2.36. The number of carboxylic acids is 1. The Hall–Kier alpha value is -1.51. The van der Waals surface area contributed by atoms with Crippen LogP contribution in [0, 0.1) is 5.41 Å². The van der Waals surface area contributed by atoms with Gasteiger partial charge in [0.05, 0.1) is 5.41 Å². The first-order valence-electron chi connectivity index (χ1n) is 6.99. The van der Waals surface area contributed by atoms with Crippen molar-refractivity contribution < 1.29 is 9.90 Å². The zero-order chi connectivity index (χ0) is 14.0. The molecule has 0 saturated carbocycles. The van der Waals surface area contributed by atoms with Crippen LogP contribution in [0.3, 0.4) is 0 Å². The number of fused-ring (bicyclic) bond motifs is 1. The zero-order valence-electron chi connectivity index (χ0n) is 12.0. The fourth-order valence-electron chi connectivity index (χ4n) is 2.57. The highest BCUT2D eigenvalue weighted by molar-refractivity contribution is 5.73. The Morgan fingerprint density at radius 2 is 2.11 bits per heavy atom. The van der Waals surface area contributed by atoms with Crippen molar-refractivity contribution in [2.24, 2.45) is 5.41 Å². The van der Waals surface area contributed by atoms with Crippen LogP contribution in [-0.4, -0.2) is 24.2 Å². The Bertz CT molecular complexity index is 468. The molecule has 1 aromatic carbocycles. The molecule has 0 radical (unpaired) electrons. The summed E-state index contributed by atoms with van der Waals surface area (Å²) < 4.78 is 0. The van der Waals surface area contributed by atoms with Crippen LogP contribution < -0.4 is 4.90 Å². The van der Waals surface area contributed by atoms with E-state index < -0.39 is 11.4 Å². The van der Waals surface area contributed by atoms with E-state index in [-0.39, 0.29) is 0 Å². The van der Waals surface area contributed by atoms with Crippen LogP contribution in [0.1, 0.15) is 45.1 Å². The van der Waals surface area contributed by atoms with Crippen LogP contribution in [0.4, 0.5) is 5.69 Å². The molecule has 0 aliphatic carbocycles. The summed E-state index contributed by atoms with van der Waals surface area (Å²) in [5.41, 5.74) is 2.02. The summed E-state index contributed by atoms with van der Waals surface area (Å²) in [6.45, 7) is 7.69. The molecular formula is C16H23NO2. The van der Waals surface area contributed by atoms with E-state index in [1.807, 2.05) is 0 Å². The first kappa shape index (κ1) is 13.9. The standard InChI is InChI=1S/C16H23NO2/c1-12-8-10-17(11-9-16(2,3)15(18)19)14-7-5-4-6-13(12)14/h4-7,12H,8-11H2,1-3H3,(H,18,19). The summed E-state index contributed by atoms with van der Waals surface area (Å²) in [6.07, 6.45) is 1.82. The molecule has 1 aromatic rings. The summed E-state index contributed by atoms with van der Waals surface area (Å²) >= 11 is 0. The molecule has 2 rings (SSSR count). The Morgan fingerprint density at radius 1 is 1.42 bits per heavy atom. The van der Waals surface area contributed by atoms with E-state index in [1.165, 1.54) is 11.3 Å². The smallest absolute Gasteiger partial charge is 0.309 e. The second-order valence-corrected chi connectivity index (χ2v) is 6.17. The van der Waals surface area contributed by atoms with Crippen molar-refractivity contribution in [3.8, 4) is 0 Å². The van der Waals surface area contributed by atoms with Crippen molar-refractivity contribution in [3.63, 3.8) is 0 Å². The van der Waals surface area contributed by atoms with E-state index >= 15 is 0 Å². The molecule has 19 heavy (non-hydrogen) atoms. The molecule has 0 bridgehead atoms. The lowest BCUT2D eigenvalue weighted by molar-refractivity contribution is -0.147. The summed E-state index contributed by atoms with van der Waals surface area (Å²) in [6, 6.07) is 8.49. The van der Waals surface area contributed by atoms with Crippen LogP contribution >= 0.6 is 0 Å². The van der Waals surface area contributed by atoms with Crippen molar-refractivity contribution in [3.05, 3.63) is 29.8 Å². The second kappa shape index (κ2) is 5.24. The molecule has 1 unspecified atom stereocenters. The van der Waals surface area contributed by atoms with Crippen molar-refractivity contribution in [2.45, 2.75) is 39.5 Å². The number of carbonyl (C=O) groups is 1. The predicted molar refractivity (Wildman–Crippen MR) is 77.7 cm³/mol. The number of nitrogens with zero attached hydrogens (tertiary/aromatic N) is 1. The third kappa shape index (κ3) is 2.91. The van der Waals surface area contributed by atoms with E-state index in [1.54, 1.807) is 13.8 Å². The molecule has 3 heteroatoms. The highest BCUT2D eigenvalue weighted by atomic mass is 16.4. The Morgan fingerprint density at radius 3 is 2.79 bits per heavy atom. The summed E-state index contributed by atoms with van der Waals surface area (Å²) in [7, 11) is 0. The van der Waals surface area contributed by atoms with Gasteiger partial charge in [0, 0.05) is 18.8 Å². The normalized spacial score (nSPS) is 19.1. The van der Waals surface area contributed by atoms with Crippen molar-refractivity contribution in [1.29, 1.82) is 0 Å². The van der Waals surface area contributed by atoms with Gasteiger partial charge >= 0.3 is 5.97 Å². The molecule has 0 aromatic heterocycles. The van der Waals surface area contributed by atoms with Gasteiger partial charge in [-0.3, -0.25) is 4.79 Å². The predicted octanol–water partition coefficient (Wildman–Crippen LogP) is 3.50. The fourth-order valence-corrected chi connectivity index (χ4v) is 2.57. The number of carboxylic acid groups (broad SMARTS) is 1. The average molecular weight is 261 g/mol. The van der Waals surface area contributed by atoms with Gasteiger partial charge in [0.1, 0.15) is 0 Å². The Kier molecular flexibility index (Phi) is 3.83. The molecule has 104 valence electrons. The number of para-hydroxylation sites is 1. The number of rotatable bonds is 4. The second-order valence-electron chi connectivity index (χ2n) is 6.17. The highest BCUT2D eigenvalue weighted by Gasteiger charge is 2.29. The molecule has 0 fully saturated rings. The number of aliphatic carboxylic acids is 1. The van der Waals surface area contributed by atoms with Crippen LogP contribution in [0.2, 0.25) is 0 Å². The SMILES string of the molecule is CC1CCN(CCC(C)(C)C(=O)O)c2ccccc21. The highest BCUT2D eigenvalue weighted by Crippen LogP contribution is 2.35. The molecule has 1 aliphatic rings. The van der Waals surface area contributed by atoms with Gasteiger partial charge in [0.25, 0.3) is 0 Å². The first-order chi connectivity index (χ1) is 8.92. The maximum absolute atomic E-state index is 11.2. The van der Waals surface area contributed by atoms with E-state index in [2.05, 4.69) is 36.1 Å². The van der Waals surface area contributed by atoms with Gasteiger partial charge in [-0.05, 0) is 44.2 Å². The number of benzene rings is 1. The first-order valence-corrected chi connectivity index (χ1v) is 6.99. The van der Waals surface area contributed by atoms with Gasteiger partial charge < -0.3 is 10.0 Å². The van der Waals surface area contributed by atoms with Crippen LogP contribution in [-0.2, 0) is 4.79 Å². The summed E-state index contributed by atoms with van der Waals surface area (Å²) in [4.78, 5) is 13.5. The lowest BCUT2D eigenvalue weighted by atomic mass is 9.87. The third-order valence-electron chi connectivity index (χ3n) is 4.23. The fraction of sp³-hybridized carbons (Fsp3) is 0.562. The minimum atomic E-state index is -0.717. The molecule has 1 atom stereocenters. The Labute approximate surface area is 115 Å². The van der Waals surface area contributed by atoms with Crippen molar-refractivity contribution >= 4 is 11.7 Å². The molecule has 3 nitrogen and oxygen atoms in total. The van der Waals surface area contributed by atoms with E-state index in [0.29, 0.717) is 12.3 Å². The molecule has 1 heterocycles. The van der Waals surface area contributed by atoms with E-state index in [0.717, 1.165) is 19.5 Å². The quantitative estimate of drug-likeness (QED) is 0.901. The molecular weight excluding hydrogens is 238 g/mol. The summed E-state index contributed by atoms with van der Waals surface area (Å²) in [5, 5.41) is 9.19. The average Bonchev–Trinajstić information content (AvgIpc) is 2.38. The molecule has 0 spiro atoms. The molecule has 1 N–H and O–H groups in total. The van der Waals surface area contributed by atoms with Gasteiger partial charge in [-0.15, -0.1) is 0 Å². The topological polar surface area (TPSA) is 40.5 Å². The van der Waals surface area contributed by atoms with Gasteiger partial charge in [-0.1, -0.05) is 25.1 Å². The number of hydrogen-bond donors (Lipinski definition) is 1. The molecule has 1 aliphatic heterocycles. The van der Waals surface area contributed by atoms with E-state index in [4.69, 9.17) is 0 Å². The van der Waals surface area contributed by atoms with Crippen molar-refractivity contribution in [1.82, 2.24) is 0 Å². The van der Waals surface area contributed by atoms with Gasteiger partial charge in [0.2, 0.25) is 0 Å². The maximum atomic E-state index is 11.2. The minimum absolute atomic E-state index is 0.597. The lowest BCUT2D eigenvalue weighted by Crippen LogP contribution is -2.35. The third-order valence-corrected chi connectivity index (χ3v) is 4.23. The molecule has 0 saturated heterocycles. The maximum Gasteiger partial charge on any atom is 0.309 e. The van der Waals surface area contributed by atoms with Crippen LogP contribution in [0.25, 0.3) is 0 Å². The zero-order valence-corrected chi connectivity index (χ0v) is 12.0. The van der Waals surface area contributed by atoms with Gasteiger partial charge in [-0.2, -0.15) is 0 Å². The largest absolute Gasteiger partial charge is 0.481 e. The minimum Gasteiger partial charge on any atom is -0.481 e. The van der Waals surface area contributed by atoms with Gasteiger partial charge in [0.15, 0.2) is 0 Å². The molecule has 0 amide bonds. The van der Waals surface area contributed by atoms with E-state index in [9.17, 15) is 9.90 Å². The summed E-state index contributed by atoms with van der Waals surface area (Å²) in [5.74, 6) is -0.119. The van der Waals surface area contributed by atoms with Gasteiger partial charge in [-0.25, -0.2) is 0 Å². The van der Waals surface area contributed by atoms with Crippen LogP contribution in [0.5, 0.6) is 0 Å². The number of anilines is 1. The van der Waals surface area contributed by atoms with Crippen LogP contribution in [0.15, 0.2) is 24.3 Å². The number of hydrogen-bond acceptors (Lipinski definition) is 2. The monoisotopic (exact) mass is 261 g/mol. The van der Waals surface area contributed by atoms with Crippen molar-refractivity contribution in [2.75, 3.05) is 18.0 Å².